The van der Waals surface area contributed by atoms with Gasteiger partial charge in [0.15, 0.2) is 0 Å². The Hall–Kier alpha value is -3.45. The van der Waals surface area contributed by atoms with Crippen LogP contribution >= 0.6 is 0 Å². The highest BCUT2D eigenvalue weighted by Crippen LogP contribution is 2.33. The van der Waals surface area contributed by atoms with Gasteiger partial charge in [0.2, 0.25) is 0 Å². The summed E-state index contributed by atoms with van der Waals surface area (Å²) < 4.78 is 7.33. The molecule has 1 N–H and O–H groups in total. The fourth-order valence-corrected chi connectivity index (χ4v) is 4.50. The SMILES string of the molecule is COc1ccc(-c2cc3c(n(C)c2=O)CCN(Cc2ncc[nH]2)C3)c2ccc(C)nc12. The molecule has 7 heteroatoms. The molecule has 1 aliphatic rings. The molecule has 4 aromatic rings. The van der Waals surface area contributed by atoms with Crippen LogP contribution in [0.2, 0.25) is 0 Å². The number of aromatic amines is 1. The van der Waals surface area contributed by atoms with Crippen molar-refractivity contribution in [2.24, 2.45) is 7.05 Å². The van der Waals surface area contributed by atoms with Crippen LogP contribution in [0.15, 0.2) is 47.5 Å². The lowest BCUT2D eigenvalue weighted by Crippen LogP contribution is -2.35. The van der Waals surface area contributed by atoms with Crippen molar-refractivity contribution in [3.05, 3.63) is 75.9 Å². The first-order valence-electron chi connectivity index (χ1n) is 10.4. The van der Waals surface area contributed by atoms with Gasteiger partial charge in [-0.2, -0.15) is 0 Å². The van der Waals surface area contributed by atoms with Gasteiger partial charge in [-0.15, -0.1) is 0 Å². The summed E-state index contributed by atoms with van der Waals surface area (Å²) in [5.74, 6) is 1.66. The van der Waals surface area contributed by atoms with E-state index in [-0.39, 0.29) is 5.56 Å². The number of methoxy groups -OCH3 is 1. The van der Waals surface area contributed by atoms with Crippen molar-refractivity contribution < 1.29 is 4.74 Å². The van der Waals surface area contributed by atoms with Crippen molar-refractivity contribution in [2.45, 2.75) is 26.4 Å². The number of fused-ring (bicyclic) bond motifs is 2. The summed E-state index contributed by atoms with van der Waals surface area (Å²) >= 11 is 0. The lowest BCUT2D eigenvalue weighted by molar-refractivity contribution is 0.236. The Morgan fingerprint density at radius 3 is 2.84 bits per heavy atom. The van der Waals surface area contributed by atoms with E-state index in [1.54, 1.807) is 13.3 Å². The van der Waals surface area contributed by atoms with Crippen molar-refractivity contribution in [3.8, 4) is 16.9 Å². The number of rotatable bonds is 4. The van der Waals surface area contributed by atoms with Gasteiger partial charge in [0, 0.05) is 61.3 Å². The van der Waals surface area contributed by atoms with Gasteiger partial charge in [-0.1, -0.05) is 6.07 Å². The number of hydrogen-bond donors (Lipinski definition) is 1. The first-order valence-corrected chi connectivity index (χ1v) is 10.4. The van der Waals surface area contributed by atoms with Crippen LogP contribution in [0.1, 0.15) is 22.8 Å². The zero-order valence-electron chi connectivity index (χ0n) is 18.0. The molecule has 0 bridgehead atoms. The zero-order valence-corrected chi connectivity index (χ0v) is 18.0. The maximum absolute atomic E-state index is 13.3. The summed E-state index contributed by atoms with van der Waals surface area (Å²) in [6.07, 6.45) is 4.46. The van der Waals surface area contributed by atoms with Crippen LogP contribution in [-0.4, -0.2) is 38.1 Å². The summed E-state index contributed by atoms with van der Waals surface area (Å²) in [7, 11) is 3.52. The number of aryl methyl sites for hydroxylation is 1. The van der Waals surface area contributed by atoms with Crippen molar-refractivity contribution in [1.29, 1.82) is 0 Å². The first-order chi connectivity index (χ1) is 15.0. The second-order valence-corrected chi connectivity index (χ2v) is 8.05. The molecule has 5 rings (SSSR count). The molecule has 3 aromatic heterocycles. The van der Waals surface area contributed by atoms with Crippen LogP contribution in [0.3, 0.4) is 0 Å². The molecule has 31 heavy (non-hydrogen) atoms. The van der Waals surface area contributed by atoms with Crippen molar-refractivity contribution in [2.75, 3.05) is 13.7 Å². The van der Waals surface area contributed by atoms with Gasteiger partial charge in [-0.05, 0) is 42.3 Å². The number of ether oxygens (including phenoxy) is 1. The van der Waals surface area contributed by atoms with Gasteiger partial charge in [0.1, 0.15) is 17.1 Å². The van der Waals surface area contributed by atoms with Crippen LogP contribution in [-0.2, 0) is 26.6 Å². The Labute approximate surface area is 180 Å². The monoisotopic (exact) mass is 415 g/mol. The Morgan fingerprint density at radius 1 is 1.19 bits per heavy atom. The van der Waals surface area contributed by atoms with Gasteiger partial charge >= 0.3 is 0 Å². The second-order valence-electron chi connectivity index (χ2n) is 8.05. The Morgan fingerprint density at radius 2 is 2.06 bits per heavy atom. The molecule has 7 nitrogen and oxygen atoms in total. The average Bonchev–Trinajstić information content (AvgIpc) is 3.28. The molecule has 158 valence electrons. The quantitative estimate of drug-likeness (QED) is 0.554. The van der Waals surface area contributed by atoms with E-state index in [2.05, 4.69) is 25.9 Å². The molecule has 1 aliphatic heterocycles. The zero-order chi connectivity index (χ0) is 21.5. The maximum atomic E-state index is 13.3. The number of H-pyrrole nitrogens is 1. The van der Waals surface area contributed by atoms with Gasteiger partial charge in [0.05, 0.1) is 13.7 Å². The molecular weight excluding hydrogens is 390 g/mol. The number of hydrogen-bond acceptors (Lipinski definition) is 5. The molecule has 1 aromatic carbocycles. The highest BCUT2D eigenvalue weighted by atomic mass is 16.5. The number of imidazole rings is 1. The standard InChI is InChI=1S/C24H25N5O2/c1-15-4-5-18-17(6-7-21(31-3)23(18)27-15)19-12-16-13-29(14-22-25-9-10-26-22)11-8-20(16)28(2)24(19)30/h4-7,9-10,12H,8,11,13-14H2,1-3H3,(H,25,26). The van der Waals surface area contributed by atoms with Crippen LogP contribution in [0.4, 0.5) is 0 Å². The van der Waals surface area contributed by atoms with E-state index in [1.165, 1.54) is 5.56 Å². The molecule has 0 amide bonds. The van der Waals surface area contributed by atoms with Gasteiger partial charge in [-0.25, -0.2) is 9.97 Å². The van der Waals surface area contributed by atoms with Crippen molar-refractivity contribution >= 4 is 10.9 Å². The summed E-state index contributed by atoms with van der Waals surface area (Å²) in [5.41, 5.74) is 5.57. The lowest BCUT2D eigenvalue weighted by atomic mass is 9.96. The van der Waals surface area contributed by atoms with Gasteiger partial charge in [0.25, 0.3) is 5.56 Å². The van der Waals surface area contributed by atoms with E-state index in [0.29, 0.717) is 11.3 Å². The number of aromatic nitrogens is 4. The van der Waals surface area contributed by atoms with E-state index in [0.717, 1.165) is 59.7 Å². The summed E-state index contributed by atoms with van der Waals surface area (Å²) in [5, 5.41) is 0.922. The highest BCUT2D eigenvalue weighted by Gasteiger charge is 2.23. The molecule has 0 unspecified atom stereocenters. The minimum Gasteiger partial charge on any atom is -0.494 e. The molecule has 0 saturated heterocycles. The Bertz CT molecular complexity index is 1320. The predicted octanol–water partition coefficient (Wildman–Crippen LogP) is 3.20. The molecule has 4 heterocycles. The van der Waals surface area contributed by atoms with Crippen LogP contribution in [0, 0.1) is 6.92 Å². The number of pyridine rings is 2. The molecule has 0 atom stereocenters. The van der Waals surface area contributed by atoms with Gasteiger partial charge < -0.3 is 14.3 Å². The van der Waals surface area contributed by atoms with Crippen LogP contribution in [0.25, 0.3) is 22.0 Å². The van der Waals surface area contributed by atoms with Crippen molar-refractivity contribution in [3.63, 3.8) is 0 Å². The Kier molecular flexibility index (Phi) is 4.82. The first kappa shape index (κ1) is 19.5. The van der Waals surface area contributed by atoms with Crippen molar-refractivity contribution in [1.82, 2.24) is 24.4 Å². The maximum Gasteiger partial charge on any atom is 0.258 e. The van der Waals surface area contributed by atoms with E-state index in [9.17, 15) is 4.79 Å². The molecule has 0 radical (unpaired) electrons. The summed E-state index contributed by atoms with van der Waals surface area (Å²) in [6.45, 7) is 4.40. The minimum atomic E-state index is 0.0188. The largest absolute Gasteiger partial charge is 0.494 e. The summed E-state index contributed by atoms with van der Waals surface area (Å²) in [6, 6.07) is 9.92. The Balaban J connectivity index is 1.62. The second kappa shape index (κ2) is 7.67. The average molecular weight is 415 g/mol. The van der Waals surface area contributed by atoms with E-state index in [1.807, 2.05) is 49.0 Å². The van der Waals surface area contributed by atoms with E-state index < -0.39 is 0 Å². The minimum absolute atomic E-state index is 0.0188. The molecule has 0 fully saturated rings. The van der Waals surface area contributed by atoms with Crippen LogP contribution < -0.4 is 10.3 Å². The highest BCUT2D eigenvalue weighted by molar-refractivity contribution is 5.97. The fraction of sp³-hybridized carbons (Fsp3) is 0.292. The normalized spacial score (nSPS) is 14.0. The van der Waals surface area contributed by atoms with Crippen LogP contribution in [0.5, 0.6) is 5.75 Å². The molecule has 0 aliphatic carbocycles. The lowest BCUT2D eigenvalue weighted by Gasteiger charge is -2.29. The fourth-order valence-electron chi connectivity index (χ4n) is 4.50. The van der Waals surface area contributed by atoms with Gasteiger partial charge in [-0.3, -0.25) is 9.69 Å². The third-order valence-electron chi connectivity index (χ3n) is 6.09. The number of nitrogens with one attached hydrogen (secondary N) is 1. The molecule has 0 spiro atoms. The third-order valence-corrected chi connectivity index (χ3v) is 6.09. The number of benzene rings is 1. The van der Waals surface area contributed by atoms with E-state index in [4.69, 9.17) is 4.74 Å². The smallest absolute Gasteiger partial charge is 0.258 e. The topological polar surface area (TPSA) is 76.0 Å². The molecule has 0 saturated carbocycles. The third kappa shape index (κ3) is 3.41. The predicted molar refractivity (Wildman–Crippen MR) is 120 cm³/mol. The molecular formula is C24H25N5O2. The van der Waals surface area contributed by atoms with E-state index >= 15 is 0 Å². The number of nitrogens with zero attached hydrogens (tertiary/aromatic N) is 4. The summed E-state index contributed by atoms with van der Waals surface area (Å²) in [4.78, 5) is 27.9.